The van der Waals surface area contributed by atoms with Gasteiger partial charge in [-0.05, 0) is 61.0 Å². The maximum absolute atomic E-state index is 13.3. The summed E-state index contributed by atoms with van der Waals surface area (Å²) in [6.45, 7) is 1.44. The van der Waals surface area contributed by atoms with E-state index in [2.05, 4.69) is 15.6 Å². The average Bonchev–Trinajstić information content (AvgIpc) is 3.07. The molecule has 1 aliphatic heterocycles. The van der Waals surface area contributed by atoms with Crippen molar-refractivity contribution >= 4 is 50.7 Å². The molecular weight excluding hydrogens is 549 g/mol. The monoisotopic (exact) mass is 566 g/mol. The van der Waals surface area contributed by atoms with E-state index in [0.29, 0.717) is 27.6 Å². The Balaban J connectivity index is 1.57. The fourth-order valence-corrected chi connectivity index (χ4v) is 4.79. The molecule has 0 spiro atoms. The van der Waals surface area contributed by atoms with E-state index in [1.807, 2.05) is 0 Å². The van der Waals surface area contributed by atoms with Crippen LogP contribution in [0.2, 0.25) is 5.02 Å². The van der Waals surface area contributed by atoms with E-state index in [9.17, 15) is 36.0 Å². The van der Waals surface area contributed by atoms with Crippen molar-refractivity contribution in [2.45, 2.75) is 29.3 Å². The molecule has 1 aliphatic rings. The van der Waals surface area contributed by atoms with Crippen molar-refractivity contribution in [1.29, 1.82) is 0 Å². The van der Waals surface area contributed by atoms with E-state index in [1.165, 1.54) is 25.4 Å². The van der Waals surface area contributed by atoms with Crippen molar-refractivity contribution in [2.24, 2.45) is 0 Å². The molecule has 14 heteroatoms. The molecule has 4 amide bonds. The van der Waals surface area contributed by atoms with E-state index in [-0.39, 0.29) is 23.4 Å². The normalized spacial score (nSPS) is 17.9. The lowest BCUT2D eigenvalue weighted by atomic mass is 9.92. The number of benzene rings is 2. The molecule has 1 saturated heterocycles. The minimum absolute atomic E-state index is 0.0811. The largest absolute Gasteiger partial charge is 0.501 e. The molecule has 1 fully saturated rings. The smallest absolute Gasteiger partial charge is 0.323 e. The molecule has 1 aromatic heterocycles. The second-order valence-electron chi connectivity index (χ2n) is 8.52. The quantitative estimate of drug-likeness (QED) is 0.428. The Morgan fingerprint density at radius 1 is 1.13 bits per heavy atom. The van der Waals surface area contributed by atoms with Crippen LogP contribution in [0.15, 0.2) is 71.9 Å². The summed E-state index contributed by atoms with van der Waals surface area (Å²) < 4.78 is 61.7. The first-order chi connectivity index (χ1) is 17.7. The number of rotatable bonds is 6. The van der Waals surface area contributed by atoms with Gasteiger partial charge in [0.25, 0.3) is 21.7 Å². The number of carbonyl (C=O) groups is 3. The maximum atomic E-state index is 13.3. The van der Waals surface area contributed by atoms with Crippen molar-refractivity contribution in [3.63, 3.8) is 0 Å². The number of halogens is 4. The average molecular weight is 567 g/mol. The number of aromatic nitrogens is 1. The summed E-state index contributed by atoms with van der Waals surface area (Å²) in [5.41, 5.74) is -6.11. The number of hydrogen-bond donors (Lipinski definition) is 2. The topological polar surface area (TPSA) is 126 Å². The van der Waals surface area contributed by atoms with Gasteiger partial charge in [-0.15, -0.1) is 0 Å². The molecule has 1 atom stereocenters. The number of urea groups is 1. The predicted octanol–water partition coefficient (Wildman–Crippen LogP) is 4.34. The highest BCUT2D eigenvalue weighted by molar-refractivity contribution is 7.92. The zero-order valence-electron chi connectivity index (χ0n) is 19.4. The summed E-state index contributed by atoms with van der Waals surface area (Å²) in [6.07, 6.45) is 2.73. The molecule has 0 saturated carbocycles. The van der Waals surface area contributed by atoms with Crippen LogP contribution in [0, 0.1) is 0 Å². The van der Waals surface area contributed by atoms with Crippen LogP contribution in [-0.2, 0) is 21.1 Å². The number of imide groups is 1. The van der Waals surface area contributed by atoms with Crippen LogP contribution in [0.5, 0.6) is 0 Å². The van der Waals surface area contributed by atoms with E-state index in [4.69, 9.17) is 11.6 Å². The van der Waals surface area contributed by atoms with E-state index < -0.39 is 43.6 Å². The molecule has 4 rings (SSSR count). The summed E-state index contributed by atoms with van der Waals surface area (Å²) in [5.74, 6) is -1.22. The number of alkyl halides is 3. The molecule has 9 nitrogen and oxygen atoms in total. The molecule has 0 radical (unpaired) electrons. The van der Waals surface area contributed by atoms with Crippen molar-refractivity contribution < 1.29 is 36.0 Å². The van der Waals surface area contributed by atoms with Crippen molar-refractivity contribution in [2.75, 3.05) is 10.2 Å². The van der Waals surface area contributed by atoms with Crippen molar-refractivity contribution in [3.8, 4) is 0 Å². The Hall–Kier alpha value is -3.97. The third kappa shape index (κ3) is 5.07. The van der Waals surface area contributed by atoms with Crippen molar-refractivity contribution in [1.82, 2.24) is 10.3 Å². The molecule has 0 bridgehead atoms. The van der Waals surface area contributed by atoms with Gasteiger partial charge in [0.05, 0.1) is 22.5 Å². The summed E-state index contributed by atoms with van der Waals surface area (Å²) in [6, 6.07) is 10.1. The minimum atomic E-state index is -5.60. The number of amides is 4. The highest BCUT2D eigenvalue weighted by atomic mass is 35.5. The van der Waals surface area contributed by atoms with E-state index in [1.54, 1.807) is 24.3 Å². The molecule has 3 aromatic rings. The lowest BCUT2D eigenvalue weighted by Crippen LogP contribution is -2.46. The predicted molar refractivity (Wildman–Crippen MR) is 131 cm³/mol. The maximum Gasteiger partial charge on any atom is 0.501 e. The zero-order chi connectivity index (χ0) is 27.9. The minimum Gasteiger partial charge on any atom is -0.323 e. The number of carbonyl (C=O) groups excluding carboxylic acids is 3. The third-order valence-corrected chi connectivity index (χ3v) is 7.50. The molecule has 38 heavy (non-hydrogen) atoms. The van der Waals surface area contributed by atoms with Gasteiger partial charge in [-0.2, -0.15) is 13.2 Å². The van der Waals surface area contributed by atoms with Crippen LogP contribution < -0.4 is 15.5 Å². The molecule has 2 N–H and O–H groups in total. The Morgan fingerprint density at radius 2 is 1.82 bits per heavy atom. The van der Waals surface area contributed by atoms with Gasteiger partial charge in [-0.25, -0.2) is 18.1 Å². The highest BCUT2D eigenvalue weighted by Crippen LogP contribution is 2.33. The highest BCUT2D eigenvalue weighted by Gasteiger charge is 2.49. The van der Waals surface area contributed by atoms with Gasteiger partial charge in [0, 0.05) is 23.2 Å². The molecule has 2 heterocycles. The van der Waals surface area contributed by atoms with Gasteiger partial charge in [-0.1, -0.05) is 17.7 Å². The Morgan fingerprint density at radius 3 is 2.45 bits per heavy atom. The molecule has 1 unspecified atom stereocenters. The number of sulfone groups is 1. The lowest BCUT2D eigenvalue weighted by molar-refractivity contribution is -0.121. The second kappa shape index (κ2) is 9.72. The Kier molecular flexibility index (Phi) is 6.93. The fraction of sp³-hybridized carbons (Fsp3) is 0.167. The summed E-state index contributed by atoms with van der Waals surface area (Å²) in [5, 5.41) is 5.62. The van der Waals surface area contributed by atoms with E-state index in [0.717, 1.165) is 12.1 Å². The number of hydrogen-bond acceptors (Lipinski definition) is 6. The molecular formula is C24H18ClF3N4O5S. The van der Waals surface area contributed by atoms with Crippen molar-refractivity contribution in [3.05, 3.63) is 83.1 Å². The molecule has 2 aromatic carbocycles. The molecule has 0 aliphatic carbocycles. The standard InChI is InChI=1S/C24H18ClF3N4O5S/c1-23(12-15-9-10-29-13-19(15)30-20(33)14-3-2-4-16(25)11-14)21(34)32(22(35)31-23)17-5-7-18(8-6-17)38(36,37)24(26,27)28/h2-11,13H,12H2,1H3,(H,30,33)(H,31,35). The van der Waals surface area contributed by atoms with Crippen LogP contribution >= 0.6 is 11.6 Å². The van der Waals surface area contributed by atoms with Crippen LogP contribution in [0.25, 0.3) is 0 Å². The van der Waals surface area contributed by atoms with E-state index >= 15 is 0 Å². The zero-order valence-corrected chi connectivity index (χ0v) is 21.0. The summed E-state index contributed by atoms with van der Waals surface area (Å²) >= 11 is 5.95. The summed E-state index contributed by atoms with van der Waals surface area (Å²) in [4.78, 5) is 42.4. The third-order valence-electron chi connectivity index (χ3n) is 5.76. The summed E-state index contributed by atoms with van der Waals surface area (Å²) in [7, 11) is -5.60. The second-order valence-corrected chi connectivity index (χ2v) is 10.9. The van der Waals surface area contributed by atoms with Gasteiger partial charge in [0.1, 0.15) is 5.54 Å². The fourth-order valence-electron chi connectivity index (χ4n) is 3.84. The number of anilines is 2. The molecule has 198 valence electrons. The first kappa shape index (κ1) is 27.1. The van der Waals surface area contributed by atoms with Crippen LogP contribution in [0.1, 0.15) is 22.8 Å². The Bertz CT molecular complexity index is 1550. The Labute approximate surface area is 219 Å². The first-order valence-electron chi connectivity index (χ1n) is 10.8. The van der Waals surface area contributed by atoms with Crippen LogP contribution in [-0.4, -0.2) is 42.3 Å². The number of nitrogens with zero attached hydrogens (tertiary/aromatic N) is 2. The number of nitrogens with one attached hydrogen (secondary N) is 2. The van der Waals surface area contributed by atoms with Gasteiger partial charge < -0.3 is 10.6 Å². The SMILES string of the molecule is CC1(Cc2ccncc2NC(=O)c2cccc(Cl)c2)NC(=O)N(c2ccc(S(=O)(=O)C(F)(F)F)cc2)C1=O. The van der Waals surface area contributed by atoms with Crippen LogP contribution in [0.4, 0.5) is 29.3 Å². The number of pyridine rings is 1. The van der Waals surface area contributed by atoms with Gasteiger partial charge in [0.15, 0.2) is 0 Å². The van der Waals surface area contributed by atoms with Gasteiger partial charge >= 0.3 is 11.5 Å². The first-order valence-corrected chi connectivity index (χ1v) is 12.7. The van der Waals surface area contributed by atoms with Crippen LogP contribution in [0.3, 0.4) is 0 Å². The lowest BCUT2D eigenvalue weighted by Gasteiger charge is -2.23. The van der Waals surface area contributed by atoms with Gasteiger partial charge in [0.2, 0.25) is 0 Å². The van der Waals surface area contributed by atoms with Gasteiger partial charge in [-0.3, -0.25) is 14.6 Å².